The lowest BCUT2D eigenvalue weighted by Crippen LogP contribution is -2.37. The first-order chi connectivity index (χ1) is 6.79. The third kappa shape index (κ3) is 1.81. The minimum absolute atomic E-state index is 0.147. The fourth-order valence-corrected chi connectivity index (χ4v) is 2.42. The Kier molecular flexibility index (Phi) is 2.84. The molecule has 1 aliphatic heterocycles. The monoisotopic (exact) mass is 210 g/mol. The van der Waals surface area contributed by atoms with Gasteiger partial charge in [-0.3, -0.25) is 4.79 Å². The topological polar surface area (TPSA) is 32.3 Å². The SMILES string of the molecule is CN(C(=O)c1cccs1)C1CCNC1. The summed E-state index contributed by atoms with van der Waals surface area (Å²) in [6.45, 7) is 1.94. The van der Waals surface area contributed by atoms with E-state index >= 15 is 0 Å². The van der Waals surface area contributed by atoms with E-state index in [1.807, 2.05) is 29.5 Å². The molecule has 4 heteroatoms. The van der Waals surface area contributed by atoms with Crippen LogP contribution in [-0.4, -0.2) is 37.0 Å². The van der Waals surface area contributed by atoms with Crippen LogP contribution in [0.3, 0.4) is 0 Å². The lowest BCUT2D eigenvalue weighted by atomic mass is 10.2. The third-order valence-corrected chi connectivity index (χ3v) is 3.49. The van der Waals surface area contributed by atoms with Gasteiger partial charge in [0.15, 0.2) is 0 Å². The van der Waals surface area contributed by atoms with Crippen molar-refractivity contribution in [2.45, 2.75) is 12.5 Å². The Bertz CT molecular complexity index is 304. The van der Waals surface area contributed by atoms with Gasteiger partial charge in [0, 0.05) is 19.6 Å². The summed E-state index contributed by atoms with van der Waals surface area (Å²) in [4.78, 5) is 14.6. The molecule has 2 heterocycles. The van der Waals surface area contributed by atoms with Gasteiger partial charge in [-0.05, 0) is 24.4 Å². The lowest BCUT2D eigenvalue weighted by molar-refractivity contribution is 0.0748. The molecule has 3 nitrogen and oxygen atoms in total. The van der Waals surface area contributed by atoms with Crippen molar-refractivity contribution in [2.75, 3.05) is 20.1 Å². The zero-order chi connectivity index (χ0) is 9.97. The molecule has 1 aromatic rings. The summed E-state index contributed by atoms with van der Waals surface area (Å²) < 4.78 is 0. The second-order valence-electron chi connectivity index (χ2n) is 3.54. The van der Waals surface area contributed by atoms with Gasteiger partial charge in [0.25, 0.3) is 5.91 Å². The number of hydrogen-bond acceptors (Lipinski definition) is 3. The van der Waals surface area contributed by atoms with E-state index in [0.29, 0.717) is 6.04 Å². The molecule has 0 spiro atoms. The minimum atomic E-state index is 0.147. The van der Waals surface area contributed by atoms with Crippen LogP contribution in [0.1, 0.15) is 16.1 Å². The van der Waals surface area contributed by atoms with Gasteiger partial charge in [-0.1, -0.05) is 6.07 Å². The van der Waals surface area contributed by atoms with Crippen molar-refractivity contribution in [1.29, 1.82) is 0 Å². The van der Waals surface area contributed by atoms with Crippen molar-refractivity contribution in [1.82, 2.24) is 10.2 Å². The Morgan fingerprint density at radius 2 is 2.57 bits per heavy atom. The zero-order valence-corrected chi connectivity index (χ0v) is 9.01. The van der Waals surface area contributed by atoms with Crippen molar-refractivity contribution >= 4 is 17.2 Å². The van der Waals surface area contributed by atoms with Gasteiger partial charge in [-0.15, -0.1) is 11.3 Å². The zero-order valence-electron chi connectivity index (χ0n) is 8.19. The molecule has 0 radical (unpaired) electrons. The maximum absolute atomic E-state index is 11.9. The second-order valence-corrected chi connectivity index (χ2v) is 4.49. The molecule has 1 aromatic heterocycles. The second kappa shape index (κ2) is 4.11. The molecule has 0 saturated carbocycles. The fourth-order valence-electron chi connectivity index (χ4n) is 1.71. The number of thiophene rings is 1. The van der Waals surface area contributed by atoms with Crippen LogP contribution in [0.2, 0.25) is 0 Å². The summed E-state index contributed by atoms with van der Waals surface area (Å²) in [5.41, 5.74) is 0. The van der Waals surface area contributed by atoms with E-state index in [4.69, 9.17) is 0 Å². The third-order valence-electron chi connectivity index (χ3n) is 2.63. The fraction of sp³-hybridized carbons (Fsp3) is 0.500. The van der Waals surface area contributed by atoms with E-state index in [2.05, 4.69) is 5.32 Å². The molecule has 0 bridgehead atoms. The summed E-state index contributed by atoms with van der Waals surface area (Å²) in [5.74, 6) is 0.147. The molecule has 76 valence electrons. The largest absolute Gasteiger partial charge is 0.337 e. The number of amides is 1. The molecule has 0 aromatic carbocycles. The minimum Gasteiger partial charge on any atom is -0.337 e. The number of nitrogens with zero attached hydrogens (tertiary/aromatic N) is 1. The molecular formula is C10H14N2OS. The summed E-state index contributed by atoms with van der Waals surface area (Å²) >= 11 is 1.51. The normalized spacial score (nSPS) is 21.1. The molecule has 1 saturated heterocycles. The van der Waals surface area contributed by atoms with E-state index in [1.54, 1.807) is 0 Å². The Balaban J connectivity index is 2.04. The average Bonchev–Trinajstić information content (AvgIpc) is 2.87. The molecule has 1 amide bonds. The Hall–Kier alpha value is -0.870. The van der Waals surface area contributed by atoms with Gasteiger partial charge in [0.05, 0.1) is 4.88 Å². The highest BCUT2D eigenvalue weighted by Crippen LogP contribution is 2.15. The molecule has 1 fully saturated rings. The average molecular weight is 210 g/mol. The highest BCUT2D eigenvalue weighted by atomic mass is 32.1. The van der Waals surface area contributed by atoms with Crippen LogP contribution in [0.5, 0.6) is 0 Å². The first-order valence-corrected chi connectivity index (χ1v) is 5.68. The Morgan fingerprint density at radius 1 is 1.71 bits per heavy atom. The molecule has 1 N–H and O–H groups in total. The van der Waals surface area contributed by atoms with Crippen molar-refractivity contribution < 1.29 is 4.79 Å². The van der Waals surface area contributed by atoms with E-state index in [1.165, 1.54) is 11.3 Å². The lowest BCUT2D eigenvalue weighted by Gasteiger charge is -2.22. The maximum atomic E-state index is 11.9. The predicted molar refractivity (Wildman–Crippen MR) is 57.7 cm³/mol. The number of hydrogen-bond donors (Lipinski definition) is 1. The highest BCUT2D eigenvalue weighted by molar-refractivity contribution is 7.12. The molecule has 2 rings (SSSR count). The smallest absolute Gasteiger partial charge is 0.263 e. The number of likely N-dealkylation sites (N-methyl/N-ethyl adjacent to an activating group) is 1. The number of rotatable bonds is 2. The van der Waals surface area contributed by atoms with Crippen molar-refractivity contribution in [3.63, 3.8) is 0 Å². The van der Waals surface area contributed by atoms with Crippen LogP contribution < -0.4 is 5.32 Å². The summed E-state index contributed by atoms with van der Waals surface area (Å²) in [5, 5.41) is 5.20. The van der Waals surface area contributed by atoms with Gasteiger partial charge in [0.2, 0.25) is 0 Å². The maximum Gasteiger partial charge on any atom is 0.263 e. The van der Waals surface area contributed by atoms with Crippen LogP contribution in [-0.2, 0) is 0 Å². The van der Waals surface area contributed by atoms with Crippen molar-refractivity contribution in [3.8, 4) is 0 Å². The van der Waals surface area contributed by atoms with Gasteiger partial charge >= 0.3 is 0 Å². The molecule has 1 unspecified atom stereocenters. The summed E-state index contributed by atoms with van der Waals surface area (Å²) in [6, 6.07) is 4.16. The standard InChI is InChI=1S/C10H14N2OS/c1-12(8-4-5-11-7-8)10(13)9-3-2-6-14-9/h2-3,6,8,11H,4-5,7H2,1H3. The van der Waals surface area contributed by atoms with Crippen molar-refractivity contribution in [3.05, 3.63) is 22.4 Å². The van der Waals surface area contributed by atoms with Crippen LogP contribution >= 0.6 is 11.3 Å². The van der Waals surface area contributed by atoms with E-state index in [9.17, 15) is 4.79 Å². The number of carbonyl (C=O) groups excluding carboxylic acids is 1. The number of nitrogens with one attached hydrogen (secondary N) is 1. The van der Waals surface area contributed by atoms with Gasteiger partial charge in [-0.25, -0.2) is 0 Å². The van der Waals surface area contributed by atoms with Crippen LogP contribution in [0.25, 0.3) is 0 Å². The summed E-state index contributed by atoms with van der Waals surface area (Å²) in [6.07, 6.45) is 1.06. The summed E-state index contributed by atoms with van der Waals surface area (Å²) in [7, 11) is 1.89. The first kappa shape index (κ1) is 9.68. The van der Waals surface area contributed by atoms with Gasteiger partial charge in [0.1, 0.15) is 0 Å². The molecule has 0 aliphatic carbocycles. The predicted octanol–water partition coefficient (Wildman–Crippen LogP) is 1.18. The van der Waals surface area contributed by atoms with E-state index in [-0.39, 0.29) is 5.91 Å². The number of carbonyl (C=O) groups is 1. The van der Waals surface area contributed by atoms with Crippen LogP contribution in [0.4, 0.5) is 0 Å². The Morgan fingerprint density at radius 3 is 3.14 bits per heavy atom. The van der Waals surface area contributed by atoms with Crippen LogP contribution in [0.15, 0.2) is 17.5 Å². The molecule has 1 aliphatic rings. The van der Waals surface area contributed by atoms with E-state index < -0.39 is 0 Å². The quantitative estimate of drug-likeness (QED) is 0.795. The Labute approximate surface area is 87.7 Å². The van der Waals surface area contributed by atoms with E-state index in [0.717, 1.165) is 24.4 Å². The van der Waals surface area contributed by atoms with Gasteiger partial charge < -0.3 is 10.2 Å². The van der Waals surface area contributed by atoms with Crippen molar-refractivity contribution in [2.24, 2.45) is 0 Å². The molecule has 1 atom stereocenters. The van der Waals surface area contributed by atoms with Crippen LogP contribution in [0, 0.1) is 0 Å². The molecular weight excluding hydrogens is 196 g/mol. The molecule has 14 heavy (non-hydrogen) atoms. The highest BCUT2D eigenvalue weighted by Gasteiger charge is 2.24. The van der Waals surface area contributed by atoms with Gasteiger partial charge in [-0.2, -0.15) is 0 Å². The first-order valence-electron chi connectivity index (χ1n) is 4.80.